The van der Waals surface area contributed by atoms with Crippen LogP contribution in [-0.4, -0.2) is 30.3 Å². The maximum absolute atomic E-state index is 12.1. The molecule has 0 aliphatic heterocycles. The number of pyridine rings is 1. The Bertz CT molecular complexity index is 577. The summed E-state index contributed by atoms with van der Waals surface area (Å²) in [5.74, 6) is -0.100. The second-order valence-corrected chi connectivity index (χ2v) is 4.38. The van der Waals surface area contributed by atoms with Gasteiger partial charge < -0.3 is 9.47 Å². The quantitative estimate of drug-likeness (QED) is 0.728. The van der Waals surface area contributed by atoms with Gasteiger partial charge in [0.15, 0.2) is 5.78 Å². The molecular formula is C16H19NO3. The summed E-state index contributed by atoms with van der Waals surface area (Å²) in [5.41, 5.74) is 1.63. The highest BCUT2D eigenvalue weighted by Crippen LogP contribution is 2.13. The summed E-state index contributed by atoms with van der Waals surface area (Å²) >= 11 is 0. The van der Waals surface area contributed by atoms with E-state index in [0.29, 0.717) is 13.2 Å². The lowest BCUT2D eigenvalue weighted by Crippen LogP contribution is -2.29. The summed E-state index contributed by atoms with van der Waals surface area (Å²) in [6, 6.07) is 11.7. The smallest absolute Gasteiger partial charge is 0.218 e. The number of ketones is 1. The summed E-state index contributed by atoms with van der Waals surface area (Å²) in [4.78, 5) is 16.6. The van der Waals surface area contributed by atoms with Gasteiger partial charge in [-0.1, -0.05) is 24.3 Å². The van der Waals surface area contributed by atoms with Crippen LogP contribution < -0.4 is 0 Å². The first-order valence-electron chi connectivity index (χ1n) is 6.85. The first-order chi connectivity index (χ1) is 9.74. The molecule has 0 amide bonds. The van der Waals surface area contributed by atoms with Crippen molar-refractivity contribution in [2.24, 2.45) is 0 Å². The fourth-order valence-electron chi connectivity index (χ4n) is 2.01. The number of hydrogen-bond acceptors (Lipinski definition) is 4. The van der Waals surface area contributed by atoms with Crippen molar-refractivity contribution in [2.45, 2.75) is 26.6 Å². The normalized spacial score (nSPS) is 11.2. The number of benzene rings is 1. The minimum absolute atomic E-state index is 0.100. The number of nitrogens with zero attached hydrogens (tertiary/aromatic N) is 1. The molecule has 4 nitrogen and oxygen atoms in total. The van der Waals surface area contributed by atoms with E-state index in [9.17, 15) is 4.79 Å². The van der Waals surface area contributed by atoms with Crippen molar-refractivity contribution in [3.63, 3.8) is 0 Å². The molecule has 1 heterocycles. The number of rotatable bonds is 7. The Morgan fingerprint density at radius 1 is 1.10 bits per heavy atom. The molecule has 0 aliphatic rings. The van der Waals surface area contributed by atoms with Crippen molar-refractivity contribution in [3.05, 3.63) is 42.1 Å². The lowest BCUT2D eigenvalue weighted by Gasteiger charge is -2.15. The zero-order valence-corrected chi connectivity index (χ0v) is 11.8. The van der Waals surface area contributed by atoms with E-state index in [-0.39, 0.29) is 12.2 Å². The average molecular weight is 273 g/mol. The predicted octanol–water partition coefficient (Wildman–Crippen LogP) is 2.75. The number of Topliss-reactive ketones (excluding diaryl/α,β-unsaturated/α-hetero) is 1. The standard InChI is InChI=1S/C16H19NO3/c1-3-19-16(20-4-2)15(18)11-13-10-9-12-7-5-6-8-14(12)17-13/h5-10,16H,3-4,11H2,1-2H3. The number of fused-ring (bicyclic) bond motifs is 1. The first kappa shape index (κ1) is 14.6. The monoisotopic (exact) mass is 273 g/mol. The van der Waals surface area contributed by atoms with Crippen LogP contribution in [0, 0.1) is 0 Å². The second-order valence-electron chi connectivity index (χ2n) is 4.38. The third-order valence-corrected chi connectivity index (χ3v) is 2.91. The van der Waals surface area contributed by atoms with Crippen molar-refractivity contribution in [2.75, 3.05) is 13.2 Å². The van der Waals surface area contributed by atoms with Gasteiger partial charge in [-0.05, 0) is 26.0 Å². The van der Waals surface area contributed by atoms with E-state index in [1.807, 2.05) is 50.2 Å². The van der Waals surface area contributed by atoms with Gasteiger partial charge in [-0.15, -0.1) is 0 Å². The average Bonchev–Trinajstić information content (AvgIpc) is 2.47. The van der Waals surface area contributed by atoms with E-state index in [1.165, 1.54) is 0 Å². The highest BCUT2D eigenvalue weighted by Gasteiger charge is 2.19. The number of carbonyl (C=O) groups excluding carboxylic acids is 1. The zero-order chi connectivity index (χ0) is 14.4. The van der Waals surface area contributed by atoms with Gasteiger partial charge in [-0.25, -0.2) is 0 Å². The zero-order valence-electron chi connectivity index (χ0n) is 11.8. The van der Waals surface area contributed by atoms with Crippen molar-refractivity contribution < 1.29 is 14.3 Å². The summed E-state index contributed by atoms with van der Waals surface area (Å²) in [6.07, 6.45) is -0.576. The van der Waals surface area contributed by atoms with E-state index in [4.69, 9.17) is 9.47 Å². The lowest BCUT2D eigenvalue weighted by molar-refractivity contribution is -0.167. The largest absolute Gasteiger partial charge is 0.346 e. The molecule has 0 saturated heterocycles. The Balaban J connectivity index is 2.11. The molecule has 2 aromatic rings. The summed E-state index contributed by atoms with van der Waals surface area (Å²) in [7, 11) is 0. The van der Waals surface area contributed by atoms with Gasteiger partial charge in [0, 0.05) is 24.3 Å². The maximum Gasteiger partial charge on any atom is 0.218 e. The van der Waals surface area contributed by atoms with Gasteiger partial charge in [-0.3, -0.25) is 9.78 Å². The summed E-state index contributed by atoms with van der Waals surface area (Å²) in [6.45, 7) is 4.57. The van der Waals surface area contributed by atoms with E-state index < -0.39 is 6.29 Å². The number of carbonyl (C=O) groups is 1. The van der Waals surface area contributed by atoms with Crippen molar-refractivity contribution in [1.82, 2.24) is 4.98 Å². The van der Waals surface area contributed by atoms with E-state index in [1.54, 1.807) is 0 Å². The van der Waals surface area contributed by atoms with E-state index >= 15 is 0 Å². The Morgan fingerprint density at radius 3 is 2.50 bits per heavy atom. The van der Waals surface area contributed by atoms with Crippen molar-refractivity contribution in [1.29, 1.82) is 0 Å². The van der Waals surface area contributed by atoms with Crippen LogP contribution in [0.1, 0.15) is 19.5 Å². The van der Waals surface area contributed by atoms with Gasteiger partial charge in [-0.2, -0.15) is 0 Å². The first-order valence-corrected chi connectivity index (χ1v) is 6.85. The topological polar surface area (TPSA) is 48.4 Å². The Morgan fingerprint density at radius 2 is 1.80 bits per heavy atom. The van der Waals surface area contributed by atoms with Crippen LogP contribution in [0.5, 0.6) is 0 Å². The van der Waals surface area contributed by atoms with E-state index in [2.05, 4.69) is 4.98 Å². The highest BCUT2D eigenvalue weighted by atomic mass is 16.7. The van der Waals surface area contributed by atoms with Crippen LogP contribution in [0.4, 0.5) is 0 Å². The number of ether oxygens (including phenoxy) is 2. The Kier molecular flexibility index (Phi) is 5.21. The fourth-order valence-corrected chi connectivity index (χ4v) is 2.01. The molecule has 0 fully saturated rings. The molecule has 0 aliphatic carbocycles. The number of para-hydroxylation sites is 1. The van der Waals surface area contributed by atoms with Gasteiger partial charge in [0.25, 0.3) is 0 Å². The highest BCUT2D eigenvalue weighted by molar-refractivity contribution is 5.85. The molecule has 20 heavy (non-hydrogen) atoms. The van der Waals surface area contributed by atoms with Crippen LogP contribution in [0.3, 0.4) is 0 Å². The van der Waals surface area contributed by atoms with Gasteiger partial charge >= 0.3 is 0 Å². The Labute approximate surface area is 118 Å². The Hall–Kier alpha value is -1.78. The van der Waals surface area contributed by atoms with Crippen LogP contribution >= 0.6 is 0 Å². The third-order valence-electron chi connectivity index (χ3n) is 2.91. The molecule has 0 atom stereocenters. The van der Waals surface area contributed by atoms with Crippen LogP contribution in [0.25, 0.3) is 10.9 Å². The van der Waals surface area contributed by atoms with Crippen LogP contribution in [0.15, 0.2) is 36.4 Å². The van der Waals surface area contributed by atoms with Gasteiger partial charge in [0.1, 0.15) is 0 Å². The molecule has 0 spiro atoms. The molecule has 0 N–H and O–H groups in total. The molecule has 0 bridgehead atoms. The van der Waals surface area contributed by atoms with Gasteiger partial charge in [0.2, 0.25) is 6.29 Å². The fraction of sp³-hybridized carbons (Fsp3) is 0.375. The molecule has 1 aromatic carbocycles. The van der Waals surface area contributed by atoms with E-state index in [0.717, 1.165) is 16.6 Å². The third kappa shape index (κ3) is 3.62. The molecule has 1 aromatic heterocycles. The minimum Gasteiger partial charge on any atom is -0.346 e. The second kappa shape index (κ2) is 7.12. The van der Waals surface area contributed by atoms with Crippen LogP contribution in [-0.2, 0) is 20.7 Å². The SMILES string of the molecule is CCOC(OCC)C(=O)Cc1ccc2ccccc2n1. The van der Waals surface area contributed by atoms with Gasteiger partial charge in [0.05, 0.1) is 11.9 Å². The number of hydrogen-bond donors (Lipinski definition) is 0. The van der Waals surface area contributed by atoms with Crippen LogP contribution in [0.2, 0.25) is 0 Å². The number of aromatic nitrogens is 1. The lowest BCUT2D eigenvalue weighted by atomic mass is 10.1. The maximum atomic E-state index is 12.1. The molecule has 4 heteroatoms. The summed E-state index contributed by atoms with van der Waals surface area (Å²) < 4.78 is 10.6. The van der Waals surface area contributed by atoms with Crippen molar-refractivity contribution in [3.8, 4) is 0 Å². The molecule has 0 unspecified atom stereocenters. The van der Waals surface area contributed by atoms with Crippen molar-refractivity contribution >= 4 is 16.7 Å². The molecule has 0 radical (unpaired) electrons. The molecule has 106 valence electrons. The molecular weight excluding hydrogens is 254 g/mol. The minimum atomic E-state index is -0.793. The summed E-state index contributed by atoms with van der Waals surface area (Å²) in [5, 5.41) is 1.06. The molecule has 2 rings (SSSR count). The predicted molar refractivity (Wildman–Crippen MR) is 77.5 cm³/mol. The molecule has 0 saturated carbocycles.